The summed E-state index contributed by atoms with van der Waals surface area (Å²) in [7, 11) is -3.52. The number of piperidine rings is 1. The van der Waals surface area contributed by atoms with Gasteiger partial charge < -0.3 is 10.6 Å². The first-order valence-corrected chi connectivity index (χ1v) is 10.6. The summed E-state index contributed by atoms with van der Waals surface area (Å²) in [6.07, 6.45) is 5.64. The highest BCUT2D eigenvalue weighted by Crippen LogP contribution is 2.43. The van der Waals surface area contributed by atoms with Gasteiger partial charge in [-0.3, -0.25) is 4.99 Å². The molecule has 0 spiro atoms. The van der Waals surface area contributed by atoms with E-state index in [0.717, 1.165) is 13.0 Å². The number of rotatable bonds is 6. The smallest absolute Gasteiger partial charge is 0.356 e. The van der Waals surface area contributed by atoms with E-state index < -0.39 is 15.5 Å². The molecule has 0 aromatic carbocycles. The van der Waals surface area contributed by atoms with E-state index in [1.54, 1.807) is 7.05 Å². The average Bonchev–Trinajstić information content (AvgIpc) is 2.56. The van der Waals surface area contributed by atoms with Gasteiger partial charge in [-0.25, -0.2) is 8.42 Å². The fourth-order valence-electron chi connectivity index (χ4n) is 3.57. The van der Waals surface area contributed by atoms with Crippen molar-refractivity contribution in [2.75, 3.05) is 33.2 Å². The van der Waals surface area contributed by atoms with Gasteiger partial charge in [0, 0.05) is 33.2 Å². The molecule has 1 aliphatic carbocycles. The van der Waals surface area contributed by atoms with Crippen molar-refractivity contribution in [1.82, 2.24) is 14.9 Å². The van der Waals surface area contributed by atoms with Crippen LogP contribution in [0.3, 0.4) is 0 Å². The van der Waals surface area contributed by atoms with Gasteiger partial charge in [0.15, 0.2) is 5.96 Å². The van der Waals surface area contributed by atoms with Gasteiger partial charge in [0.25, 0.3) is 0 Å². The molecule has 2 N–H and O–H groups in total. The van der Waals surface area contributed by atoms with Crippen LogP contribution in [0.25, 0.3) is 0 Å². The van der Waals surface area contributed by atoms with Crippen LogP contribution in [0.1, 0.15) is 45.4 Å². The van der Waals surface area contributed by atoms with Crippen LogP contribution in [0.5, 0.6) is 0 Å². The number of hydrogen-bond donors (Lipinski definition) is 2. The van der Waals surface area contributed by atoms with Gasteiger partial charge >= 0.3 is 15.5 Å². The fraction of sp³-hybridized carbons (Fsp3) is 0.938. The Morgan fingerprint density at radius 3 is 2.22 bits per heavy atom. The Balaban J connectivity index is 0.00000364. The summed E-state index contributed by atoms with van der Waals surface area (Å²) in [6, 6.07) is 0. The van der Waals surface area contributed by atoms with Gasteiger partial charge in [-0.05, 0) is 43.4 Å². The maximum atomic E-state index is 12.6. The molecule has 11 heteroatoms. The molecule has 2 aliphatic rings. The fourth-order valence-corrected chi connectivity index (χ4v) is 4.55. The van der Waals surface area contributed by atoms with Crippen molar-refractivity contribution in [3.63, 3.8) is 0 Å². The van der Waals surface area contributed by atoms with Crippen LogP contribution in [-0.2, 0) is 10.0 Å². The number of alkyl halides is 3. The van der Waals surface area contributed by atoms with Crippen molar-refractivity contribution in [3.05, 3.63) is 0 Å². The Bertz CT molecular complexity index is 596. The lowest BCUT2D eigenvalue weighted by Gasteiger charge is -2.41. The third-order valence-corrected chi connectivity index (χ3v) is 7.41. The Hall–Kier alpha value is -0.300. The summed E-state index contributed by atoms with van der Waals surface area (Å²) >= 11 is 0. The van der Waals surface area contributed by atoms with Crippen LogP contribution < -0.4 is 10.6 Å². The number of hydrogen-bond acceptors (Lipinski definition) is 3. The second kappa shape index (κ2) is 9.95. The molecule has 160 valence electrons. The summed E-state index contributed by atoms with van der Waals surface area (Å²) in [5.41, 5.74) is -4.87. The van der Waals surface area contributed by atoms with Crippen LogP contribution in [0.4, 0.5) is 13.2 Å². The van der Waals surface area contributed by atoms with E-state index in [4.69, 9.17) is 0 Å². The lowest BCUT2D eigenvalue weighted by molar-refractivity contribution is -0.0496. The number of guanidine groups is 1. The molecule has 0 radical (unpaired) electrons. The lowest BCUT2D eigenvalue weighted by atomic mass is 9.67. The molecule has 1 saturated carbocycles. The normalized spacial score (nSPS) is 21.9. The maximum absolute atomic E-state index is 12.6. The monoisotopic (exact) mass is 526 g/mol. The third-order valence-electron chi connectivity index (χ3n) is 5.78. The van der Waals surface area contributed by atoms with Crippen molar-refractivity contribution in [1.29, 1.82) is 0 Å². The molecule has 0 amide bonds. The highest BCUT2D eigenvalue weighted by atomic mass is 127. The summed E-state index contributed by atoms with van der Waals surface area (Å²) in [6.45, 7) is 3.43. The van der Waals surface area contributed by atoms with Crippen molar-refractivity contribution in [2.45, 2.75) is 51.0 Å². The molecule has 27 heavy (non-hydrogen) atoms. The van der Waals surface area contributed by atoms with Crippen LogP contribution in [-0.4, -0.2) is 57.4 Å². The van der Waals surface area contributed by atoms with E-state index in [-0.39, 0.29) is 43.0 Å². The molecular formula is C16H30F3IN4O2S. The maximum Gasteiger partial charge on any atom is 0.511 e. The van der Waals surface area contributed by atoms with Gasteiger partial charge in [0.2, 0.25) is 0 Å². The highest BCUT2D eigenvalue weighted by molar-refractivity contribution is 14.0. The van der Waals surface area contributed by atoms with Crippen molar-refractivity contribution < 1.29 is 21.6 Å². The standard InChI is InChI=1S/C16H29F3N4O2S.HI/c1-3-15(7-4-8-15)12-22-14(20-2)21-11-13-5-9-23(10-6-13)26(24,25)16(17,18)19;/h13H,3-12H2,1-2H3,(H2,20,21,22);1H. The molecule has 2 fully saturated rings. The van der Waals surface area contributed by atoms with Crippen molar-refractivity contribution in [3.8, 4) is 0 Å². The topological polar surface area (TPSA) is 73.8 Å². The van der Waals surface area contributed by atoms with Gasteiger partial charge in [0.05, 0.1) is 0 Å². The first-order valence-electron chi connectivity index (χ1n) is 9.14. The number of nitrogens with zero attached hydrogens (tertiary/aromatic N) is 2. The molecule has 6 nitrogen and oxygen atoms in total. The molecule has 1 aliphatic heterocycles. The minimum absolute atomic E-state index is 0. The summed E-state index contributed by atoms with van der Waals surface area (Å²) < 4.78 is 61.2. The SMILES string of the molecule is CCC1(CNC(=NC)NCC2CCN(S(=O)(=O)C(F)(F)F)CC2)CCC1.I. The zero-order valence-electron chi connectivity index (χ0n) is 15.8. The number of aliphatic imine (C=N–C) groups is 1. The average molecular weight is 526 g/mol. The Morgan fingerprint density at radius 1 is 1.22 bits per heavy atom. The molecular weight excluding hydrogens is 496 g/mol. The zero-order valence-corrected chi connectivity index (χ0v) is 19.0. The van der Waals surface area contributed by atoms with Gasteiger partial charge in [-0.2, -0.15) is 17.5 Å². The third kappa shape index (κ3) is 6.09. The van der Waals surface area contributed by atoms with E-state index in [1.807, 2.05) is 0 Å². The minimum Gasteiger partial charge on any atom is -0.356 e. The van der Waals surface area contributed by atoms with Gasteiger partial charge in [-0.15, -0.1) is 24.0 Å². The van der Waals surface area contributed by atoms with E-state index in [0.29, 0.717) is 35.1 Å². The van der Waals surface area contributed by atoms with E-state index >= 15 is 0 Å². The molecule has 0 unspecified atom stereocenters. The minimum atomic E-state index is -5.22. The first kappa shape index (κ1) is 24.7. The van der Waals surface area contributed by atoms with E-state index in [2.05, 4.69) is 22.5 Å². The van der Waals surface area contributed by atoms with Gasteiger partial charge in [0.1, 0.15) is 0 Å². The van der Waals surface area contributed by atoms with E-state index in [9.17, 15) is 21.6 Å². The lowest BCUT2D eigenvalue weighted by Crippen LogP contribution is -2.49. The Kier molecular flexibility index (Phi) is 9.11. The first-order chi connectivity index (χ1) is 12.1. The summed E-state index contributed by atoms with van der Waals surface area (Å²) in [5, 5.41) is 6.56. The zero-order chi connectivity index (χ0) is 19.4. The molecule has 2 rings (SSSR count). The van der Waals surface area contributed by atoms with Crippen molar-refractivity contribution in [2.24, 2.45) is 16.3 Å². The number of sulfonamides is 1. The largest absolute Gasteiger partial charge is 0.511 e. The van der Waals surface area contributed by atoms with Crippen LogP contribution in [0.15, 0.2) is 4.99 Å². The molecule has 1 saturated heterocycles. The van der Waals surface area contributed by atoms with Crippen LogP contribution in [0.2, 0.25) is 0 Å². The second-order valence-electron chi connectivity index (χ2n) is 7.31. The number of nitrogens with one attached hydrogen (secondary N) is 2. The number of halogens is 4. The molecule has 0 bridgehead atoms. The molecule has 0 aromatic rings. The van der Waals surface area contributed by atoms with Gasteiger partial charge in [-0.1, -0.05) is 13.3 Å². The predicted octanol–water partition coefficient (Wildman–Crippen LogP) is 2.91. The van der Waals surface area contributed by atoms with Crippen molar-refractivity contribution >= 4 is 40.0 Å². The van der Waals surface area contributed by atoms with E-state index in [1.165, 1.54) is 19.3 Å². The predicted molar refractivity (Wildman–Crippen MR) is 111 cm³/mol. The molecule has 1 heterocycles. The highest BCUT2D eigenvalue weighted by Gasteiger charge is 2.50. The quantitative estimate of drug-likeness (QED) is 0.317. The summed E-state index contributed by atoms with van der Waals surface area (Å²) in [4.78, 5) is 4.19. The Morgan fingerprint density at radius 2 is 1.81 bits per heavy atom. The Labute approximate surface area is 176 Å². The van der Waals surface area contributed by atoms with Crippen LogP contribution >= 0.6 is 24.0 Å². The molecule has 0 atom stereocenters. The second-order valence-corrected chi connectivity index (χ2v) is 9.24. The molecule has 0 aromatic heterocycles. The summed E-state index contributed by atoms with van der Waals surface area (Å²) in [5.74, 6) is 0.812. The van der Waals surface area contributed by atoms with Crippen LogP contribution in [0, 0.1) is 11.3 Å².